The molecule has 1 aliphatic rings. The maximum absolute atomic E-state index is 12.7. The number of methoxy groups -OCH3 is 1. The van der Waals surface area contributed by atoms with Crippen LogP contribution in [0, 0.1) is 0 Å². The zero-order valence-electron chi connectivity index (χ0n) is 11.9. The molecule has 2 aromatic rings. The van der Waals surface area contributed by atoms with Crippen LogP contribution in [-0.4, -0.2) is 45.0 Å². The van der Waals surface area contributed by atoms with Gasteiger partial charge in [-0.3, -0.25) is 4.79 Å². The Labute approximate surface area is 126 Å². The summed E-state index contributed by atoms with van der Waals surface area (Å²) in [5.41, 5.74) is 1.87. The molecule has 1 amide bonds. The van der Waals surface area contributed by atoms with Gasteiger partial charge in [0.25, 0.3) is 5.91 Å². The topological polar surface area (TPSA) is 95.5 Å². The number of rotatable bonds is 3. The number of hydrogen-bond donors (Lipinski definition) is 2. The molecule has 2 N–H and O–H groups in total. The minimum Gasteiger partial charge on any atom is -0.497 e. The molecule has 7 heteroatoms. The Balaban J connectivity index is 1.94. The number of carbonyl (C=O) groups is 2. The number of carboxylic acid groups (broad SMARTS) is 1. The summed E-state index contributed by atoms with van der Waals surface area (Å²) in [7, 11) is 1.52. The van der Waals surface area contributed by atoms with Crippen molar-refractivity contribution in [3.05, 3.63) is 47.5 Å². The second kappa shape index (κ2) is 5.51. The van der Waals surface area contributed by atoms with Gasteiger partial charge in [0.1, 0.15) is 11.8 Å². The van der Waals surface area contributed by atoms with Crippen molar-refractivity contribution in [2.45, 2.75) is 19.0 Å². The number of nitrogens with zero attached hydrogens (tertiary/aromatic N) is 2. The number of fused-ring (bicyclic) bond motifs is 1. The third kappa shape index (κ3) is 2.41. The van der Waals surface area contributed by atoms with Crippen LogP contribution in [0.4, 0.5) is 0 Å². The van der Waals surface area contributed by atoms with Crippen LogP contribution < -0.4 is 4.74 Å². The first-order chi connectivity index (χ1) is 10.6. The number of carboxylic acids is 1. The number of amides is 1. The van der Waals surface area contributed by atoms with Crippen LogP contribution in [0.3, 0.4) is 0 Å². The fraction of sp³-hybridized carbons (Fsp3) is 0.267. The standard InChI is InChI=1S/C15H15N3O4/c1-22-10-4-2-3-9(5-10)14(19)18-7-12-11(16-8-17-12)6-13(18)15(20)21/h2-5,8,13H,6-7H2,1H3,(H,16,17)(H,20,21). The lowest BCUT2D eigenvalue weighted by Crippen LogP contribution is -2.48. The third-order valence-electron chi connectivity index (χ3n) is 3.76. The first-order valence-corrected chi connectivity index (χ1v) is 6.79. The molecule has 0 spiro atoms. The summed E-state index contributed by atoms with van der Waals surface area (Å²) in [5.74, 6) is -0.826. The molecule has 22 heavy (non-hydrogen) atoms. The molecule has 1 aromatic carbocycles. The Morgan fingerprint density at radius 1 is 1.45 bits per heavy atom. The molecule has 0 fully saturated rings. The highest BCUT2D eigenvalue weighted by Gasteiger charge is 2.36. The molecule has 0 saturated heterocycles. The molecule has 0 aliphatic carbocycles. The van der Waals surface area contributed by atoms with Crippen molar-refractivity contribution in [2.75, 3.05) is 7.11 Å². The molecule has 3 rings (SSSR count). The molecule has 0 radical (unpaired) electrons. The van der Waals surface area contributed by atoms with Crippen molar-refractivity contribution < 1.29 is 19.4 Å². The van der Waals surface area contributed by atoms with Gasteiger partial charge in [0.2, 0.25) is 0 Å². The minimum atomic E-state index is -1.04. The van der Waals surface area contributed by atoms with E-state index in [0.717, 1.165) is 5.69 Å². The summed E-state index contributed by atoms with van der Waals surface area (Å²) in [6.07, 6.45) is 1.72. The number of benzene rings is 1. The molecular formula is C15H15N3O4. The van der Waals surface area contributed by atoms with Gasteiger partial charge in [-0.25, -0.2) is 9.78 Å². The smallest absolute Gasteiger partial charge is 0.326 e. The van der Waals surface area contributed by atoms with Crippen molar-refractivity contribution in [3.63, 3.8) is 0 Å². The Kier molecular flexibility index (Phi) is 3.54. The highest BCUT2D eigenvalue weighted by molar-refractivity contribution is 5.97. The van der Waals surface area contributed by atoms with Gasteiger partial charge in [0.05, 0.1) is 31.4 Å². The number of imidazole rings is 1. The highest BCUT2D eigenvalue weighted by Crippen LogP contribution is 2.24. The van der Waals surface area contributed by atoms with E-state index >= 15 is 0 Å². The van der Waals surface area contributed by atoms with Crippen molar-refractivity contribution in [1.82, 2.24) is 14.9 Å². The molecule has 114 valence electrons. The second-order valence-corrected chi connectivity index (χ2v) is 5.05. The molecule has 7 nitrogen and oxygen atoms in total. The minimum absolute atomic E-state index is 0.197. The van der Waals surface area contributed by atoms with Crippen LogP contribution in [0.5, 0.6) is 5.75 Å². The summed E-state index contributed by atoms with van der Waals surface area (Å²) in [6, 6.07) is 5.76. The van der Waals surface area contributed by atoms with E-state index in [4.69, 9.17) is 4.74 Å². The monoisotopic (exact) mass is 301 g/mol. The largest absolute Gasteiger partial charge is 0.497 e. The quantitative estimate of drug-likeness (QED) is 0.884. The Morgan fingerprint density at radius 3 is 3.00 bits per heavy atom. The summed E-state index contributed by atoms with van der Waals surface area (Å²) >= 11 is 0. The number of carbonyl (C=O) groups excluding carboxylic acids is 1. The van der Waals surface area contributed by atoms with Gasteiger partial charge in [0.15, 0.2) is 0 Å². The lowest BCUT2D eigenvalue weighted by Gasteiger charge is -2.32. The van der Waals surface area contributed by atoms with Gasteiger partial charge >= 0.3 is 5.97 Å². The van der Waals surface area contributed by atoms with E-state index in [0.29, 0.717) is 17.0 Å². The molecule has 2 heterocycles. The van der Waals surface area contributed by atoms with Crippen LogP contribution in [0.1, 0.15) is 21.7 Å². The van der Waals surface area contributed by atoms with E-state index in [9.17, 15) is 14.7 Å². The predicted molar refractivity (Wildman–Crippen MR) is 76.6 cm³/mol. The van der Waals surface area contributed by atoms with E-state index in [1.54, 1.807) is 24.3 Å². The maximum atomic E-state index is 12.7. The number of aliphatic carboxylic acids is 1. The highest BCUT2D eigenvalue weighted by atomic mass is 16.5. The van der Waals surface area contributed by atoms with Gasteiger partial charge in [0, 0.05) is 12.0 Å². The molecule has 0 saturated carbocycles. The molecule has 1 aromatic heterocycles. The van der Waals surface area contributed by atoms with Gasteiger partial charge in [-0.1, -0.05) is 6.07 Å². The van der Waals surface area contributed by atoms with E-state index in [1.165, 1.54) is 18.3 Å². The average Bonchev–Trinajstić information content (AvgIpc) is 3.00. The molecule has 1 unspecified atom stereocenters. The lowest BCUT2D eigenvalue weighted by atomic mass is 10.0. The molecular weight excluding hydrogens is 286 g/mol. The van der Waals surface area contributed by atoms with Crippen LogP contribution in [0.25, 0.3) is 0 Å². The predicted octanol–water partition coefficient (Wildman–Crippen LogP) is 1.07. The first kappa shape index (κ1) is 14.1. The number of hydrogen-bond acceptors (Lipinski definition) is 4. The van der Waals surface area contributed by atoms with Crippen LogP contribution >= 0.6 is 0 Å². The van der Waals surface area contributed by atoms with E-state index in [-0.39, 0.29) is 18.9 Å². The first-order valence-electron chi connectivity index (χ1n) is 6.79. The molecule has 1 atom stereocenters. The lowest BCUT2D eigenvalue weighted by molar-refractivity contribution is -0.142. The van der Waals surface area contributed by atoms with Gasteiger partial charge in [-0.05, 0) is 18.2 Å². The number of ether oxygens (including phenoxy) is 1. The van der Waals surface area contributed by atoms with Crippen LogP contribution in [0.2, 0.25) is 0 Å². The van der Waals surface area contributed by atoms with Crippen molar-refractivity contribution in [2.24, 2.45) is 0 Å². The number of aromatic nitrogens is 2. The van der Waals surface area contributed by atoms with E-state index < -0.39 is 12.0 Å². The normalized spacial score (nSPS) is 17.0. The van der Waals surface area contributed by atoms with Crippen molar-refractivity contribution >= 4 is 11.9 Å². The third-order valence-corrected chi connectivity index (χ3v) is 3.76. The Morgan fingerprint density at radius 2 is 2.27 bits per heavy atom. The zero-order valence-corrected chi connectivity index (χ0v) is 11.9. The second-order valence-electron chi connectivity index (χ2n) is 5.05. The summed E-state index contributed by atoms with van der Waals surface area (Å²) in [4.78, 5) is 32.6. The SMILES string of the molecule is COc1cccc(C(=O)N2Cc3[nH]cnc3CC2C(=O)O)c1. The summed E-state index contributed by atoms with van der Waals surface area (Å²) in [6.45, 7) is 0.197. The van der Waals surface area contributed by atoms with Crippen molar-refractivity contribution in [1.29, 1.82) is 0 Å². The number of H-pyrrole nitrogens is 1. The fourth-order valence-electron chi connectivity index (χ4n) is 2.59. The Bertz CT molecular complexity index is 725. The van der Waals surface area contributed by atoms with Gasteiger partial charge < -0.3 is 19.7 Å². The number of aromatic amines is 1. The fourth-order valence-corrected chi connectivity index (χ4v) is 2.59. The van der Waals surface area contributed by atoms with Crippen LogP contribution in [-0.2, 0) is 17.8 Å². The molecule has 1 aliphatic heterocycles. The summed E-state index contributed by atoms with van der Waals surface area (Å²) in [5, 5.41) is 9.41. The average molecular weight is 301 g/mol. The molecule has 0 bridgehead atoms. The number of nitrogens with one attached hydrogen (secondary N) is 1. The maximum Gasteiger partial charge on any atom is 0.326 e. The van der Waals surface area contributed by atoms with E-state index in [2.05, 4.69) is 9.97 Å². The van der Waals surface area contributed by atoms with Crippen molar-refractivity contribution in [3.8, 4) is 5.75 Å². The van der Waals surface area contributed by atoms with Gasteiger partial charge in [-0.2, -0.15) is 0 Å². The Hall–Kier alpha value is -2.83. The van der Waals surface area contributed by atoms with E-state index in [1.807, 2.05) is 0 Å². The summed E-state index contributed by atoms with van der Waals surface area (Å²) < 4.78 is 5.11. The van der Waals surface area contributed by atoms with Gasteiger partial charge in [-0.15, -0.1) is 0 Å². The van der Waals surface area contributed by atoms with Crippen LogP contribution in [0.15, 0.2) is 30.6 Å². The zero-order chi connectivity index (χ0) is 15.7.